The number of aliphatic carboxylic acids is 1. The summed E-state index contributed by atoms with van der Waals surface area (Å²) in [5.74, 6) is -1.26. The lowest BCUT2D eigenvalue weighted by molar-refractivity contribution is -0.142. The number of nitrogens with one attached hydrogen (secondary N) is 1. The van der Waals surface area contributed by atoms with Gasteiger partial charge in [-0.3, -0.25) is 4.79 Å². The molecule has 0 aliphatic rings. The summed E-state index contributed by atoms with van der Waals surface area (Å²) < 4.78 is 1.73. The van der Waals surface area contributed by atoms with Crippen LogP contribution in [0.2, 0.25) is 0 Å². The van der Waals surface area contributed by atoms with E-state index in [1.54, 1.807) is 10.9 Å². The van der Waals surface area contributed by atoms with Crippen LogP contribution in [0.1, 0.15) is 31.7 Å². The average Bonchev–Trinajstić information content (AvgIpc) is 3.06. The molecule has 1 atom stereocenters. The van der Waals surface area contributed by atoms with Gasteiger partial charge >= 0.3 is 5.97 Å². The van der Waals surface area contributed by atoms with Gasteiger partial charge < -0.3 is 10.4 Å². The molecule has 1 amide bonds. The van der Waals surface area contributed by atoms with E-state index in [0.717, 1.165) is 24.1 Å². The van der Waals surface area contributed by atoms with E-state index in [4.69, 9.17) is 5.11 Å². The van der Waals surface area contributed by atoms with Crippen molar-refractivity contribution in [2.24, 2.45) is 0 Å². The molecule has 0 saturated heterocycles. The Hall–Kier alpha value is -2.63. The fourth-order valence-corrected chi connectivity index (χ4v) is 2.28. The molecule has 0 fully saturated rings. The Balaban J connectivity index is 1.93. The lowest BCUT2D eigenvalue weighted by Gasteiger charge is -2.14. The average molecular weight is 315 g/mol. The Bertz CT molecular complexity index is 636. The number of unbranched alkanes of at least 4 members (excludes halogenated alkanes) is 1. The molecule has 23 heavy (non-hydrogen) atoms. The molecule has 2 N–H and O–H groups in total. The summed E-state index contributed by atoms with van der Waals surface area (Å²) >= 11 is 0. The van der Waals surface area contributed by atoms with E-state index in [0.29, 0.717) is 6.42 Å². The molecule has 1 aromatic carbocycles. The van der Waals surface area contributed by atoms with Crippen LogP contribution in [0.25, 0.3) is 5.69 Å². The molecule has 0 aliphatic carbocycles. The van der Waals surface area contributed by atoms with Gasteiger partial charge in [-0.2, -0.15) is 5.10 Å². The second-order valence-corrected chi connectivity index (χ2v) is 5.39. The summed E-state index contributed by atoms with van der Waals surface area (Å²) in [6.45, 7) is 1.99. The minimum atomic E-state index is -0.985. The van der Waals surface area contributed by atoms with E-state index >= 15 is 0 Å². The Labute approximate surface area is 135 Å². The normalized spacial score (nSPS) is 11.9. The van der Waals surface area contributed by atoms with Crippen molar-refractivity contribution in [3.8, 4) is 5.69 Å². The number of hydrogen-bond acceptors (Lipinski definition) is 3. The number of hydrogen-bond donors (Lipinski definition) is 2. The van der Waals surface area contributed by atoms with Crippen LogP contribution in [0.3, 0.4) is 0 Å². The molecule has 0 radical (unpaired) electrons. The van der Waals surface area contributed by atoms with Gasteiger partial charge in [-0.05, 0) is 30.2 Å². The van der Waals surface area contributed by atoms with Crippen LogP contribution in [-0.2, 0) is 16.0 Å². The molecule has 0 spiro atoms. The number of nitrogens with zero attached hydrogens (tertiary/aromatic N) is 2. The van der Waals surface area contributed by atoms with E-state index < -0.39 is 12.0 Å². The standard InChI is InChI=1S/C17H21N3O3/c1-2-3-5-15(17(22)23)19-16(21)12-13-6-8-14(9-7-13)20-11-4-10-18-20/h4,6-11,15H,2-3,5,12H2,1H3,(H,19,21)(H,22,23). The highest BCUT2D eigenvalue weighted by Crippen LogP contribution is 2.09. The molecule has 0 saturated carbocycles. The second-order valence-electron chi connectivity index (χ2n) is 5.39. The third kappa shape index (κ3) is 4.95. The van der Waals surface area contributed by atoms with E-state index in [1.807, 2.05) is 43.5 Å². The van der Waals surface area contributed by atoms with Crippen molar-refractivity contribution < 1.29 is 14.7 Å². The predicted octanol–water partition coefficient (Wildman–Crippen LogP) is 2.17. The Morgan fingerprint density at radius 2 is 2.04 bits per heavy atom. The van der Waals surface area contributed by atoms with Crippen LogP contribution in [-0.4, -0.2) is 32.8 Å². The van der Waals surface area contributed by atoms with Gasteiger partial charge in [0.25, 0.3) is 0 Å². The number of benzene rings is 1. The maximum Gasteiger partial charge on any atom is 0.326 e. The zero-order valence-corrected chi connectivity index (χ0v) is 13.1. The fraction of sp³-hybridized carbons (Fsp3) is 0.353. The van der Waals surface area contributed by atoms with Crippen molar-refractivity contribution >= 4 is 11.9 Å². The molecule has 6 heteroatoms. The second kappa shape index (κ2) is 8.12. The summed E-state index contributed by atoms with van der Waals surface area (Å²) in [7, 11) is 0. The van der Waals surface area contributed by atoms with Gasteiger partial charge in [-0.25, -0.2) is 9.48 Å². The first-order valence-electron chi connectivity index (χ1n) is 7.71. The van der Waals surface area contributed by atoms with E-state index in [2.05, 4.69) is 10.4 Å². The topological polar surface area (TPSA) is 84.2 Å². The van der Waals surface area contributed by atoms with Crippen molar-refractivity contribution in [3.63, 3.8) is 0 Å². The number of carboxylic acids is 1. The van der Waals surface area contributed by atoms with E-state index in [-0.39, 0.29) is 12.3 Å². The molecular formula is C17H21N3O3. The van der Waals surface area contributed by atoms with E-state index in [9.17, 15) is 9.59 Å². The van der Waals surface area contributed by atoms with Crippen molar-refractivity contribution in [3.05, 3.63) is 48.3 Å². The molecule has 6 nitrogen and oxygen atoms in total. The maximum atomic E-state index is 12.0. The highest BCUT2D eigenvalue weighted by atomic mass is 16.4. The summed E-state index contributed by atoms with van der Waals surface area (Å²) in [4.78, 5) is 23.2. The monoisotopic (exact) mass is 315 g/mol. The number of carbonyl (C=O) groups is 2. The first kappa shape index (κ1) is 16.7. The lowest BCUT2D eigenvalue weighted by atomic mass is 10.1. The number of amides is 1. The number of rotatable bonds is 8. The minimum Gasteiger partial charge on any atom is -0.480 e. The SMILES string of the molecule is CCCCC(NC(=O)Cc1ccc(-n2cccn2)cc1)C(=O)O. The van der Waals surface area contributed by atoms with Crippen LogP contribution in [0.4, 0.5) is 0 Å². The first-order chi connectivity index (χ1) is 11.1. The van der Waals surface area contributed by atoms with Crippen LogP contribution < -0.4 is 5.32 Å². The van der Waals surface area contributed by atoms with Crippen molar-refractivity contribution in [1.29, 1.82) is 0 Å². The van der Waals surface area contributed by atoms with Crippen molar-refractivity contribution in [2.75, 3.05) is 0 Å². The highest BCUT2D eigenvalue weighted by molar-refractivity contribution is 5.84. The Kier molecular flexibility index (Phi) is 5.91. The number of carbonyl (C=O) groups excluding carboxylic acids is 1. The largest absolute Gasteiger partial charge is 0.480 e. The lowest BCUT2D eigenvalue weighted by Crippen LogP contribution is -2.41. The third-order valence-corrected chi connectivity index (χ3v) is 3.55. The van der Waals surface area contributed by atoms with Crippen molar-refractivity contribution in [1.82, 2.24) is 15.1 Å². The number of carboxylic acid groups (broad SMARTS) is 1. The molecule has 0 bridgehead atoms. The summed E-state index contributed by atoms with van der Waals surface area (Å²) in [5, 5.41) is 15.9. The zero-order chi connectivity index (χ0) is 16.7. The van der Waals surface area contributed by atoms with Crippen molar-refractivity contribution in [2.45, 2.75) is 38.6 Å². The molecule has 1 heterocycles. The molecule has 2 rings (SSSR count). The smallest absolute Gasteiger partial charge is 0.326 e. The van der Waals surface area contributed by atoms with Gasteiger partial charge in [0.1, 0.15) is 6.04 Å². The predicted molar refractivity (Wildman–Crippen MR) is 86.4 cm³/mol. The molecule has 122 valence electrons. The van der Waals surface area contributed by atoms with Gasteiger partial charge in [-0.15, -0.1) is 0 Å². The maximum absolute atomic E-state index is 12.0. The molecular weight excluding hydrogens is 294 g/mol. The van der Waals surface area contributed by atoms with Crippen LogP contribution in [0.5, 0.6) is 0 Å². The molecule has 1 unspecified atom stereocenters. The minimum absolute atomic E-state index is 0.162. The Morgan fingerprint density at radius 1 is 1.30 bits per heavy atom. The number of aromatic nitrogens is 2. The van der Waals surface area contributed by atoms with Crippen LogP contribution >= 0.6 is 0 Å². The van der Waals surface area contributed by atoms with Crippen LogP contribution in [0.15, 0.2) is 42.7 Å². The van der Waals surface area contributed by atoms with Gasteiger partial charge in [0.05, 0.1) is 12.1 Å². The van der Waals surface area contributed by atoms with Gasteiger partial charge in [-0.1, -0.05) is 31.9 Å². The van der Waals surface area contributed by atoms with Gasteiger partial charge in [0.2, 0.25) is 5.91 Å². The Morgan fingerprint density at radius 3 is 2.61 bits per heavy atom. The molecule has 1 aromatic heterocycles. The molecule has 0 aliphatic heterocycles. The zero-order valence-electron chi connectivity index (χ0n) is 13.1. The summed E-state index contributed by atoms with van der Waals surface area (Å²) in [5.41, 5.74) is 1.74. The fourth-order valence-electron chi connectivity index (χ4n) is 2.28. The first-order valence-corrected chi connectivity index (χ1v) is 7.71. The van der Waals surface area contributed by atoms with E-state index in [1.165, 1.54) is 0 Å². The molecule has 2 aromatic rings. The third-order valence-electron chi connectivity index (χ3n) is 3.55. The van der Waals surface area contributed by atoms with Gasteiger partial charge in [0, 0.05) is 12.4 Å². The summed E-state index contributed by atoms with van der Waals surface area (Å²) in [6.07, 6.45) is 5.83. The summed E-state index contributed by atoms with van der Waals surface area (Å²) in [6, 6.07) is 8.47. The highest BCUT2D eigenvalue weighted by Gasteiger charge is 2.19. The van der Waals surface area contributed by atoms with Gasteiger partial charge in [0.15, 0.2) is 0 Å². The quantitative estimate of drug-likeness (QED) is 0.782. The van der Waals surface area contributed by atoms with Crippen LogP contribution in [0, 0.1) is 0 Å².